The molecule has 14 heavy (non-hydrogen) atoms. The van der Waals surface area contributed by atoms with Crippen molar-refractivity contribution in [3.8, 4) is 0 Å². The van der Waals surface area contributed by atoms with Gasteiger partial charge in [0, 0.05) is 19.3 Å². The molecule has 0 unspecified atom stereocenters. The van der Waals surface area contributed by atoms with Crippen LogP contribution < -0.4 is 10.2 Å². The van der Waals surface area contributed by atoms with Crippen molar-refractivity contribution in [3.63, 3.8) is 0 Å². The highest BCUT2D eigenvalue weighted by atomic mass is 32.1. The topological polar surface area (TPSA) is 15.3 Å². The summed E-state index contributed by atoms with van der Waals surface area (Å²) in [6.07, 6.45) is 1.78. The Balaban J connectivity index is 2.61. The molecule has 0 aliphatic rings. The summed E-state index contributed by atoms with van der Waals surface area (Å²) in [7, 11) is 1.94. The quantitative estimate of drug-likeness (QED) is 0.603. The molecule has 0 spiro atoms. The normalized spacial score (nSPS) is 9.21. The van der Waals surface area contributed by atoms with E-state index in [1.54, 1.807) is 6.08 Å². The lowest BCUT2D eigenvalue weighted by atomic mass is 10.3. The second-order valence-electron chi connectivity index (χ2n) is 2.87. The maximum Gasteiger partial charge on any atom is 0.173 e. The van der Waals surface area contributed by atoms with E-state index in [2.05, 4.69) is 11.9 Å². The van der Waals surface area contributed by atoms with Gasteiger partial charge in [-0.25, -0.2) is 0 Å². The van der Waals surface area contributed by atoms with Crippen molar-refractivity contribution >= 4 is 23.0 Å². The highest BCUT2D eigenvalue weighted by Crippen LogP contribution is 2.10. The maximum atomic E-state index is 5.19. The monoisotopic (exact) mass is 206 g/mol. The second kappa shape index (κ2) is 5.40. The molecule has 0 atom stereocenters. The first-order chi connectivity index (χ1) is 6.75. The van der Waals surface area contributed by atoms with Crippen molar-refractivity contribution in [2.45, 2.75) is 0 Å². The average molecular weight is 206 g/mol. The third kappa shape index (κ3) is 2.85. The number of nitrogens with one attached hydrogen (secondary N) is 1. The minimum atomic E-state index is 0.690. The van der Waals surface area contributed by atoms with Gasteiger partial charge in [-0.2, -0.15) is 0 Å². The lowest BCUT2D eigenvalue weighted by Crippen LogP contribution is -2.36. The van der Waals surface area contributed by atoms with E-state index in [-0.39, 0.29) is 0 Å². The molecule has 0 heterocycles. The molecule has 0 aromatic heterocycles. The van der Waals surface area contributed by atoms with Crippen LogP contribution >= 0.6 is 12.2 Å². The lowest BCUT2D eigenvalue weighted by Gasteiger charge is -2.20. The summed E-state index contributed by atoms with van der Waals surface area (Å²) in [6, 6.07) is 9.99. The maximum absolute atomic E-state index is 5.19. The van der Waals surface area contributed by atoms with Crippen LogP contribution in [0, 0.1) is 0 Å². The fourth-order valence-electron chi connectivity index (χ4n) is 1.05. The molecule has 0 aliphatic heterocycles. The molecular formula is C11H14N2S. The predicted octanol–water partition coefficient (Wildman–Crippen LogP) is 2.18. The summed E-state index contributed by atoms with van der Waals surface area (Å²) >= 11 is 5.19. The standard InChI is InChI=1S/C11H14N2S/c1-3-9-12-11(14)13(2)10-7-5-4-6-8-10/h3-8H,1,9H2,2H3,(H,12,14). The number of thiocarbonyl (C=S) groups is 1. The number of anilines is 1. The van der Waals surface area contributed by atoms with E-state index >= 15 is 0 Å². The average Bonchev–Trinajstić information content (AvgIpc) is 2.26. The van der Waals surface area contributed by atoms with E-state index in [1.165, 1.54) is 0 Å². The molecule has 0 bridgehead atoms. The molecule has 0 saturated heterocycles. The molecule has 0 fully saturated rings. The molecule has 0 amide bonds. The van der Waals surface area contributed by atoms with Crippen LogP contribution in [-0.2, 0) is 0 Å². The zero-order valence-corrected chi connectivity index (χ0v) is 9.05. The Kier molecular flexibility index (Phi) is 4.13. The summed E-state index contributed by atoms with van der Waals surface area (Å²) in [5.41, 5.74) is 1.08. The number of rotatable bonds is 3. The van der Waals surface area contributed by atoms with Gasteiger partial charge in [0.1, 0.15) is 0 Å². The number of benzene rings is 1. The summed E-state index contributed by atoms with van der Waals surface area (Å²) in [6.45, 7) is 4.31. The van der Waals surface area contributed by atoms with Gasteiger partial charge in [-0.1, -0.05) is 24.3 Å². The molecule has 0 saturated carbocycles. The SMILES string of the molecule is C=CCNC(=S)N(C)c1ccccc1. The summed E-state index contributed by atoms with van der Waals surface area (Å²) in [4.78, 5) is 1.93. The minimum absolute atomic E-state index is 0.690. The smallest absolute Gasteiger partial charge is 0.173 e. The number of hydrogen-bond acceptors (Lipinski definition) is 1. The number of nitrogens with zero attached hydrogens (tertiary/aromatic N) is 1. The predicted molar refractivity (Wildman–Crippen MR) is 65.6 cm³/mol. The number of para-hydroxylation sites is 1. The van der Waals surface area contributed by atoms with E-state index in [4.69, 9.17) is 12.2 Å². The molecule has 2 nitrogen and oxygen atoms in total. The van der Waals surface area contributed by atoms with Gasteiger partial charge < -0.3 is 10.2 Å². The molecule has 1 N–H and O–H groups in total. The van der Waals surface area contributed by atoms with Crippen molar-refractivity contribution in [2.75, 3.05) is 18.5 Å². The van der Waals surface area contributed by atoms with E-state index in [1.807, 2.05) is 42.3 Å². The van der Waals surface area contributed by atoms with Gasteiger partial charge in [0.2, 0.25) is 0 Å². The summed E-state index contributed by atoms with van der Waals surface area (Å²) in [5.74, 6) is 0. The third-order valence-corrected chi connectivity index (χ3v) is 2.26. The lowest BCUT2D eigenvalue weighted by molar-refractivity contribution is 1.02. The first kappa shape index (κ1) is 10.7. The molecule has 1 aromatic rings. The van der Waals surface area contributed by atoms with Crippen LogP contribution in [-0.4, -0.2) is 18.7 Å². The van der Waals surface area contributed by atoms with Crippen LogP contribution in [0.15, 0.2) is 43.0 Å². The van der Waals surface area contributed by atoms with Crippen LogP contribution in [0.1, 0.15) is 0 Å². The van der Waals surface area contributed by atoms with Crippen molar-refractivity contribution < 1.29 is 0 Å². The zero-order valence-electron chi connectivity index (χ0n) is 8.23. The molecule has 3 heteroatoms. The Labute approximate surface area is 90.2 Å². The van der Waals surface area contributed by atoms with Gasteiger partial charge in [0.05, 0.1) is 0 Å². The van der Waals surface area contributed by atoms with E-state index < -0.39 is 0 Å². The zero-order chi connectivity index (χ0) is 10.4. The fraction of sp³-hybridized carbons (Fsp3) is 0.182. The van der Waals surface area contributed by atoms with Gasteiger partial charge in [-0.05, 0) is 24.4 Å². The van der Waals surface area contributed by atoms with Crippen LogP contribution in [0.4, 0.5) is 5.69 Å². The Hall–Kier alpha value is -1.35. The van der Waals surface area contributed by atoms with Crippen LogP contribution in [0.5, 0.6) is 0 Å². The van der Waals surface area contributed by atoms with Crippen LogP contribution in [0.2, 0.25) is 0 Å². The van der Waals surface area contributed by atoms with Gasteiger partial charge in [0.25, 0.3) is 0 Å². The van der Waals surface area contributed by atoms with Gasteiger partial charge in [-0.15, -0.1) is 6.58 Å². The first-order valence-electron chi connectivity index (χ1n) is 4.43. The Morgan fingerprint density at radius 3 is 2.71 bits per heavy atom. The third-order valence-electron chi connectivity index (χ3n) is 1.85. The summed E-state index contributed by atoms with van der Waals surface area (Å²) < 4.78 is 0. The molecular weight excluding hydrogens is 192 g/mol. The van der Waals surface area contributed by atoms with Crippen molar-refractivity contribution in [2.24, 2.45) is 0 Å². The number of hydrogen-bond donors (Lipinski definition) is 1. The Bertz CT molecular complexity index is 308. The highest BCUT2D eigenvalue weighted by Gasteiger charge is 2.03. The van der Waals surface area contributed by atoms with Gasteiger partial charge in [-0.3, -0.25) is 0 Å². The van der Waals surface area contributed by atoms with Crippen molar-refractivity contribution in [1.82, 2.24) is 5.32 Å². The molecule has 74 valence electrons. The van der Waals surface area contributed by atoms with E-state index in [0.29, 0.717) is 11.7 Å². The van der Waals surface area contributed by atoms with E-state index in [0.717, 1.165) is 5.69 Å². The minimum Gasteiger partial charge on any atom is -0.359 e. The fourth-order valence-corrected chi connectivity index (χ4v) is 1.24. The molecule has 0 aliphatic carbocycles. The molecule has 1 rings (SSSR count). The van der Waals surface area contributed by atoms with Gasteiger partial charge in [0.15, 0.2) is 5.11 Å². The second-order valence-corrected chi connectivity index (χ2v) is 3.26. The van der Waals surface area contributed by atoms with Gasteiger partial charge >= 0.3 is 0 Å². The largest absolute Gasteiger partial charge is 0.359 e. The van der Waals surface area contributed by atoms with Crippen LogP contribution in [0.25, 0.3) is 0 Å². The summed E-state index contributed by atoms with van der Waals surface area (Å²) in [5, 5.41) is 3.77. The van der Waals surface area contributed by atoms with E-state index in [9.17, 15) is 0 Å². The van der Waals surface area contributed by atoms with Crippen LogP contribution in [0.3, 0.4) is 0 Å². The van der Waals surface area contributed by atoms with Crippen molar-refractivity contribution in [1.29, 1.82) is 0 Å². The Morgan fingerprint density at radius 1 is 1.50 bits per heavy atom. The molecule has 1 aromatic carbocycles. The first-order valence-corrected chi connectivity index (χ1v) is 4.84. The highest BCUT2D eigenvalue weighted by molar-refractivity contribution is 7.80. The van der Waals surface area contributed by atoms with Crippen molar-refractivity contribution in [3.05, 3.63) is 43.0 Å². The Morgan fingerprint density at radius 2 is 2.14 bits per heavy atom. The molecule has 0 radical (unpaired) electrons.